The van der Waals surface area contributed by atoms with E-state index in [-0.39, 0.29) is 4.95 Å². The first-order chi connectivity index (χ1) is 3.79. The van der Waals surface area contributed by atoms with Gasteiger partial charge in [0.25, 0.3) is 0 Å². The number of allylic oxidation sites excluding steroid dienone is 2. The SMILES string of the molecule is ClC1=[C]C=C[C@H](Br)N1. The Morgan fingerprint density at radius 1 is 1.88 bits per heavy atom. The molecule has 0 aromatic carbocycles. The first-order valence-corrected chi connectivity index (χ1v) is 3.44. The van der Waals surface area contributed by atoms with Gasteiger partial charge in [-0.1, -0.05) is 39.7 Å². The van der Waals surface area contributed by atoms with Gasteiger partial charge in [0.2, 0.25) is 0 Å². The molecule has 43 valence electrons. The lowest BCUT2D eigenvalue weighted by molar-refractivity contribution is 0.901. The fourth-order valence-electron chi connectivity index (χ4n) is 0.417. The van der Waals surface area contributed by atoms with Crippen molar-refractivity contribution in [3.8, 4) is 0 Å². The fraction of sp³-hybridized carbons (Fsp3) is 0.200. The highest BCUT2D eigenvalue weighted by atomic mass is 79.9. The van der Waals surface area contributed by atoms with Crippen molar-refractivity contribution in [1.82, 2.24) is 5.32 Å². The Hall–Kier alpha value is 0.0500. The van der Waals surface area contributed by atoms with Gasteiger partial charge in [0.1, 0.15) is 10.1 Å². The Labute approximate surface area is 61.5 Å². The summed E-state index contributed by atoms with van der Waals surface area (Å²) in [6, 6.07) is 0. The number of alkyl halides is 1. The van der Waals surface area contributed by atoms with Gasteiger partial charge in [-0.15, -0.1) is 0 Å². The summed E-state index contributed by atoms with van der Waals surface area (Å²) < 4.78 is 0. The standard InChI is InChI=1S/C5H4BrClN/c6-4-2-1-3-5(7)8-4/h1-2,4,8H/t4-/m1/s1. The van der Waals surface area contributed by atoms with Crippen LogP contribution in [0.5, 0.6) is 0 Å². The molecule has 1 aliphatic rings. The molecule has 0 aliphatic carbocycles. The molecule has 8 heavy (non-hydrogen) atoms. The minimum absolute atomic E-state index is 0.163. The summed E-state index contributed by atoms with van der Waals surface area (Å²) in [5.41, 5.74) is 0. The Morgan fingerprint density at radius 2 is 2.62 bits per heavy atom. The van der Waals surface area contributed by atoms with Crippen molar-refractivity contribution >= 4 is 27.5 Å². The van der Waals surface area contributed by atoms with E-state index >= 15 is 0 Å². The zero-order valence-corrected chi connectivity index (χ0v) is 6.33. The molecular formula is C5H4BrClN. The quantitative estimate of drug-likeness (QED) is 0.457. The van der Waals surface area contributed by atoms with Crippen LogP contribution in [-0.4, -0.2) is 4.95 Å². The van der Waals surface area contributed by atoms with Crippen molar-refractivity contribution in [2.75, 3.05) is 0 Å². The van der Waals surface area contributed by atoms with E-state index < -0.39 is 0 Å². The number of halogens is 2. The van der Waals surface area contributed by atoms with E-state index in [4.69, 9.17) is 11.6 Å². The lowest BCUT2D eigenvalue weighted by atomic mass is 10.4. The maximum atomic E-state index is 5.52. The molecule has 3 heteroatoms. The summed E-state index contributed by atoms with van der Waals surface area (Å²) in [6.07, 6.45) is 6.46. The van der Waals surface area contributed by atoms with E-state index in [0.29, 0.717) is 5.16 Å². The minimum Gasteiger partial charge on any atom is -0.360 e. The van der Waals surface area contributed by atoms with E-state index in [1.54, 1.807) is 6.08 Å². The molecule has 1 rings (SSSR count). The molecule has 1 radical (unpaired) electrons. The summed E-state index contributed by atoms with van der Waals surface area (Å²) in [5, 5.41) is 3.43. The molecule has 1 N–H and O–H groups in total. The first-order valence-electron chi connectivity index (χ1n) is 2.15. The van der Waals surface area contributed by atoms with E-state index in [2.05, 4.69) is 27.3 Å². The molecule has 0 fully saturated rings. The highest BCUT2D eigenvalue weighted by molar-refractivity contribution is 9.09. The molecule has 1 atom stereocenters. The van der Waals surface area contributed by atoms with Crippen molar-refractivity contribution in [2.24, 2.45) is 0 Å². The molecular weight excluding hydrogens is 189 g/mol. The summed E-state index contributed by atoms with van der Waals surface area (Å²) in [6.45, 7) is 0. The first kappa shape index (κ1) is 6.17. The zero-order chi connectivity index (χ0) is 5.98. The molecule has 0 saturated heterocycles. The Balaban J connectivity index is 2.59. The van der Waals surface area contributed by atoms with Gasteiger partial charge in [-0.05, 0) is 0 Å². The second-order valence-corrected chi connectivity index (χ2v) is 2.73. The number of dihydropyridines is 1. The van der Waals surface area contributed by atoms with Gasteiger partial charge >= 0.3 is 0 Å². The molecule has 0 aromatic rings. The van der Waals surface area contributed by atoms with Crippen LogP contribution in [0.1, 0.15) is 0 Å². The molecule has 0 unspecified atom stereocenters. The summed E-state index contributed by atoms with van der Waals surface area (Å²) >= 11 is 8.81. The van der Waals surface area contributed by atoms with Gasteiger partial charge in [-0.25, -0.2) is 0 Å². The molecule has 1 aliphatic heterocycles. The van der Waals surface area contributed by atoms with Crippen LogP contribution in [0.3, 0.4) is 0 Å². The number of hydrogen-bond acceptors (Lipinski definition) is 1. The second kappa shape index (κ2) is 2.55. The average Bonchev–Trinajstić information content (AvgIpc) is 1.64. The Morgan fingerprint density at radius 3 is 3.00 bits per heavy atom. The van der Waals surface area contributed by atoms with E-state index in [1.165, 1.54) is 0 Å². The number of hydrogen-bond donors (Lipinski definition) is 1. The normalized spacial score (nSPS) is 26.8. The monoisotopic (exact) mass is 192 g/mol. The lowest BCUT2D eigenvalue weighted by Crippen LogP contribution is -2.19. The van der Waals surface area contributed by atoms with Gasteiger partial charge in [0.15, 0.2) is 0 Å². The highest BCUT2D eigenvalue weighted by Crippen LogP contribution is 2.08. The van der Waals surface area contributed by atoms with Crippen molar-refractivity contribution in [2.45, 2.75) is 4.95 Å². The van der Waals surface area contributed by atoms with Crippen LogP contribution in [0.4, 0.5) is 0 Å². The molecule has 0 saturated carbocycles. The molecule has 0 aromatic heterocycles. The molecule has 1 nitrogen and oxygen atoms in total. The summed E-state index contributed by atoms with van der Waals surface area (Å²) in [4.78, 5) is 0.163. The number of rotatable bonds is 0. The minimum atomic E-state index is 0.163. The average molecular weight is 193 g/mol. The van der Waals surface area contributed by atoms with Crippen LogP contribution in [0.2, 0.25) is 0 Å². The van der Waals surface area contributed by atoms with E-state index in [0.717, 1.165) is 0 Å². The predicted molar refractivity (Wildman–Crippen MR) is 37.6 cm³/mol. The van der Waals surface area contributed by atoms with Crippen LogP contribution in [0.25, 0.3) is 0 Å². The Kier molecular flexibility index (Phi) is 1.97. The van der Waals surface area contributed by atoms with E-state index in [9.17, 15) is 0 Å². The smallest absolute Gasteiger partial charge is 0.111 e. The second-order valence-electron chi connectivity index (χ2n) is 1.36. The third kappa shape index (κ3) is 1.53. The van der Waals surface area contributed by atoms with Crippen LogP contribution >= 0.6 is 27.5 Å². The summed E-state index contributed by atoms with van der Waals surface area (Å²) in [5.74, 6) is 0. The van der Waals surface area contributed by atoms with Crippen molar-refractivity contribution < 1.29 is 0 Å². The van der Waals surface area contributed by atoms with Gasteiger partial charge in [0.05, 0.1) is 0 Å². The topological polar surface area (TPSA) is 12.0 Å². The highest BCUT2D eigenvalue weighted by Gasteiger charge is 2.01. The molecule has 0 spiro atoms. The zero-order valence-electron chi connectivity index (χ0n) is 3.99. The van der Waals surface area contributed by atoms with Gasteiger partial charge < -0.3 is 5.32 Å². The van der Waals surface area contributed by atoms with Crippen LogP contribution in [0, 0.1) is 6.08 Å². The Bertz CT molecular complexity index is 141. The molecule has 0 amide bonds. The molecule has 1 heterocycles. The van der Waals surface area contributed by atoms with Crippen LogP contribution in [-0.2, 0) is 0 Å². The van der Waals surface area contributed by atoms with Gasteiger partial charge in [-0.3, -0.25) is 0 Å². The van der Waals surface area contributed by atoms with Gasteiger partial charge in [0, 0.05) is 6.08 Å². The van der Waals surface area contributed by atoms with E-state index in [1.807, 2.05) is 6.08 Å². The third-order valence-corrected chi connectivity index (χ3v) is 1.49. The van der Waals surface area contributed by atoms with Crippen LogP contribution < -0.4 is 5.32 Å². The van der Waals surface area contributed by atoms with Crippen LogP contribution in [0.15, 0.2) is 17.3 Å². The molecule has 0 bridgehead atoms. The van der Waals surface area contributed by atoms with Gasteiger partial charge in [-0.2, -0.15) is 0 Å². The number of nitrogens with one attached hydrogen (secondary N) is 1. The third-order valence-electron chi connectivity index (χ3n) is 0.740. The van der Waals surface area contributed by atoms with Crippen molar-refractivity contribution in [1.29, 1.82) is 0 Å². The summed E-state index contributed by atoms with van der Waals surface area (Å²) in [7, 11) is 0. The van der Waals surface area contributed by atoms with Crippen molar-refractivity contribution in [3.63, 3.8) is 0 Å². The largest absolute Gasteiger partial charge is 0.360 e. The predicted octanol–water partition coefficient (Wildman–Crippen LogP) is 1.75. The maximum absolute atomic E-state index is 5.52. The fourth-order valence-corrected chi connectivity index (χ4v) is 1.11. The van der Waals surface area contributed by atoms with Crippen molar-refractivity contribution in [3.05, 3.63) is 23.4 Å². The lowest BCUT2D eigenvalue weighted by Gasteiger charge is -2.09. The maximum Gasteiger partial charge on any atom is 0.111 e.